The normalized spacial score (nSPS) is 16.4. The van der Waals surface area contributed by atoms with Crippen molar-refractivity contribution in [3.8, 4) is 0 Å². The van der Waals surface area contributed by atoms with E-state index in [9.17, 15) is 9.18 Å². The van der Waals surface area contributed by atoms with Gasteiger partial charge >= 0.3 is 6.03 Å². The van der Waals surface area contributed by atoms with E-state index in [2.05, 4.69) is 10.6 Å². The molecule has 0 saturated heterocycles. The SMILES string of the molecule is C[C@@H](NC(=O)NCC1CC1)c1ccc(F)cc1. The average molecular weight is 236 g/mol. The molecule has 1 atom stereocenters. The monoisotopic (exact) mass is 236 g/mol. The Morgan fingerprint density at radius 1 is 1.41 bits per heavy atom. The molecule has 1 aromatic rings. The molecule has 2 rings (SSSR count). The second-order valence-electron chi connectivity index (χ2n) is 4.57. The molecule has 1 fully saturated rings. The lowest BCUT2D eigenvalue weighted by molar-refractivity contribution is 0.237. The third-order valence-electron chi connectivity index (χ3n) is 2.97. The smallest absolute Gasteiger partial charge is 0.315 e. The van der Waals surface area contributed by atoms with E-state index in [0.717, 1.165) is 12.1 Å². The van der Waals surface area contributed by atoms with Crippen molar-refractivity contribution in [2.24, 2.45) is 5.92 Å². The van der Waals surface area contributed by atoms with Crippen LogP contribution in [0.4, 0.5) is 9.18 Å². The van der Waals surface area contributed by atoms with Crippen molar-refractivity contribution in [3.05, 3.63) is 35.6 Å². The molecule has 1 aliphatic rings. The molecular formula is C13H17FN2O. The number of carbonyl (C=O) groups excluding carboxylic acids is 1. The van der Waals surface area contributed by atoms with Gasteiger partial charge in [0.1, 0.15) is 5.82 Å². The van der Waals surface area contributed by atoms with Crippen molar-refractivity contribution >= 4 is 6.03 Å². The molecule has 1 saturated carbocycles. The Hall–Kier alpha value is -1.58. The topological polar surface area (TPSA) is 41.1 Å². The maximum absolute atomic E-state index is 12.7. The predicted octanol–water partition coefficient (Wildman–Crippen LogP) is 2.60. The van der Waals surface area contributed by atoms with E-state index >= 15 is 0 Å². The molecule has 0 spiro atoms. The number of carbonyl (C=O) groups is 1. The van der Waals surface area contributed by atoms with Gasteiger partial charge in [-0.25, -0.2) is 9.18 Å². The van der Waals surface area contributed by atoms with E-state index in [-0.39, 0.29) is 17.9 Å². The highest BCUT2D eigenvalue weighted by Gasteiger charge is 2.21. The Bertz CT molecular complexity index is 387. The summed E-state index contributed by atoms with van der Waals surface area (Å²) in [4.78, 5) is 11.5. The predicted molar refractivity (Wildman–Crippen MR) is 64.1 cm³/mol. The molecule has 1 aliphatic carbocycles. The standard InChI is InChI=1S/C13H17FN2O/c1-9(11-4-6-12(14)7-5-11)16-13(17)15-8-10-2-3-10/h4-7,9-10H,2-3,8H2,1H3,(H2,15,16,17)/t9-/m1/s1. The average Bonchev–Trinajstić information content (AvgIpc) is 3.11. The van der Waals surface area contributed by atoms with Crippen LogP contribution in [0.5, 0.6) is 0 Å². The van der Waals surface area contributed by atoms with Gasteiger partial charge in [-0.05, 0) is 43.4 Å². The van der Waals surface area contributed by atoms with Gasteiger partial charge < -0.3 is 10.6 Å². The Labute approximate surface area is 100 Å². The molecular weight excluding hydrogens is 219 g/mol. The number of nitrogens with one attached hydrogen (secondary N) is 2. The van der Waals surface area contributed by atoms with Gasteiger partial charge in [-0.2, -0.15) is 0 Å². The lowest BCUT2D eigenvalue weighted by Gasteiger charge is -2.14. The van der Waals surface area contributed by atoms with Gasteiger partial charge in [0.25, 0.3) is 0 Å². The van der Waals surface area contributed by atoms with Gasteiger partial charge in [0.2, 0.25) is 0 Å². The van der Waals surface area contributed by atoms with E-state index in [1.807, 2.05) is 6.92 Å². The maximum Gasteiger partial charge on any atom is 0.315 e. The van der Waals surface area contributed by atoms with Crippen LogP contribution in [0, 0.1) is 11.7 Å². The van der Waals surface area contributed by atoms with E-state index < -0.39 is 0 Å². The number of hydrogen-bond acceptors (Lipinski definition) is 1. The fourth-order valence-electron chi connectivity index (χ4n) is 1.64. The van der Waals surface area contributed by atoms with Crippen molar-refractivity contribution in [2.45, 2.75) is 25.8 Å². The number of halogens is 1. The van der Waals surface area contributed by atoms with E-state index in [1.54, 1.807) is 12.1 Å². The number of urea groups is 1. The van der Waals surface area contributed by atoms with Crippen LogP contribution in [0.1, 0.15) is 31.4 Å². The summed E-state index contributed by atoms with van der Waals surface area (Å²) in [5, 5.41) is 5.66. The van der Waals surface area contributed by atoms with E-state index in [1.165, 1.54) is 25.0 Å². The number of amides is 2. The minimum Gasteiger partial charge on any atom is -0.338 e. The minimum atomic E-state index is -0.265. The third kappa shape index (κ3) is 3.73. The molecule has 0 aromatic heterocycles. The first-order chi connectivity index (χ1) is 8.15. The largest absolute Gasteiger partial charge is 0.338 e. The molecule has 0 unspecified atom stereocenters. The summed E-state index contributed by atoms with van der Waals surface area (Å²) < 4.78 is 12.7. The fourth-order valence-corrected chi connectivity index (χ4v) is 1.64. The number of rotatable bonds is 4. The molecule has 3 nitrogen and oxygen atoms in total. The highest BCUT2D eigenvalue weighted by molar-refractivity contribution is 5.74. The van der Waals surface area contributed by atoms with Crippen LogP contribution in [0.25, 0.3) is 0 Å². The van der Waals surface area contributed by atoms with E-state index in [0.29, 0.717) is 5.92 Å². The summed E-state index contributed by atoms with van der Waals surface area (Å²) in [7, 11) is 0. The zero-order valence-electron chi connectivity index (χ0n) is 9.87. The molecule has 0 aliphatic heterocycles. The second kappa shape index (κ2) is 5.17. The van der Waals surface area contributed by atoms with Crippen molar-refractivity contribution in [1.82, 2.24) is 10.6 Å². The number of benzene rings is 1. The number of hydrogen-bond donors (Lipinski definition) is 2. The summed E-state index contributed by atoms with van der Waals surface area (Å²) in [6, 6.07) is 5.89. The van der Waals surface area contributed by atoms with Crippen LogP contribution in [0.3, 0.4) is 0 Å². The highest BCUT2D eigenvalue weighted by Crippen LogP contribution is 2.27. The molecule has 2 amide bonds. The third-order valence-corrected chi connectivity index (χ3v) is 2.97. The molecule has 0 radical (unpaired) electrons. The van der Waals surface area contributed by atoms with Crippen LogP contribution >= 0.6 is 0 Å². The Morgan fingerprint density at radius 3 is 2.65 bits per heavy atom. The first-order valence-electron chi connectivity index (χ1n) is 5.95. The first kappa shape index (κ1) is 11.9. The summed E-state index contributed by atoms with van der Waals surface area (Å²) >= 11 is 0. The zero-order chi connectivity index (χ0) is 12.3. The zero-order valence-corrected chi connectivity index (χ0v) is 9.87. The van der Waals surface area contributed by atoms with Gasteiger partial charge in [0, 0.05) is 6.54 Å². The molecule has 1 aromatic carbocycles. The molecule has 0 bridgehead atoms. The van der Waals surface area contributed by atoms with Crippen molar-refractivity contribution in [2.75, 3.05) is 6.54 Å². The van der Waals surface area contributed by atoms with Gasteiger partial charge in [-0.15, -0.1) is 0 Å². The lowest BCUT2D eigenvalue weighted by atomic mass is 10.1. The fraction of sp³-hybridized carbons (Fsp3) is 0.462. The van der Waals surface area contributed by atoms with Crippen LogP contribution in [-0.2, 0) is 0 Å². The lowest BCUT2D eigenvalue weighted by Crippen LogP contribution is -2.38. The van der Waals surface area contributed by atoms with Gasteiger partial charge in [-0.3, -0.25) is 0 Å². The van der Waals surface area contributed by atoms with Crippen molar-refractivity contribution < 1.29 is 9.18 Å². The minimum absolute atomic E-state index is 0.116. The maximum atomic E-state index is 12.7. The van der Waals surface area contributed by atoms with Gasteiger partial charge in [-0.1, -0.05) is 12.1 Å². The highest BCUT2D eigenvalue weighted by atomic mass is 19.1. The summed E-state index contributed by atoms with van der Waals surface area (Å²) in [5.41, 5.74) is 0.896. The van der Waals surface area contributed by atoms with Crippen LogP contribution in [0.2, 0.25) is 0 Å². The Kier molecular flexibility index (Phi) is 3.61. The molecule has 4 heteroatoms. The van der Waals surface area contributed by atoms with Crippen molar-refractivity contribution in [1.29, 1.82) is 0 Å². The molecule has 0 heterocycles. The van der Waals surface area contributed by atoms with Gasteiger partial charge in [0.05, 0.1) is 6.04 Å². The Morgan fingerprint density at radius 2 is 2.06 bits per heavy atom. The van der Waals surface area contributed by atoms with E-state index in [4.69, 9.17) is 0 Å². The second-order valence-corrected chi connectivity index (χ2v) is 4.57. The quantitative estimate of drug-likeness (QED) is 0.829. The van der Waals surface area contributed by atoms with Crippen molar-refractivity contribution in [3.63, 3.8) is 0 Å². The summed E-state index contributed by atoms with van der Waals surface area (Å²) in [5.74, 6) is 0.404. The molecule has 92 valence electrons. The van der Waals surface area contributed by atoms with Gasteiger partial charge in [0.15, 0.2) is 0 Å². The molecule has 17 heavy (non-hydrogen) atoms. The first-order valence-corrected chi connectivity index (χ1v) is 5.95. The van der Waals surface area contributed by atoms with Crippen LogP contribution < -0.4 is 10.6 Å². The van der Waals surface area contributed by atoms with Crippen LogP contribution in [-0.4, -0.2) is 12.6 Å². The Balaban J connectivity index is 1.80. The summed E-state index contributed by atoms with van der Waals surface area (Å²) in [6.07, 6.45) is 2.43. The van der Waals surface area contributed by atoms with Crippen LogP contribution in [0.15, 0.2) is 24.3 Å². The summed E-state index contributed by atoms with van der Waals surface area (Å²) in [6.45, 7) is 2.63. The molecule has 2 N–H and O–H groups in total.